The Morgan fingerprint density at radius 1 is 1.03 bits per heavy atom. The Hall–Kier alpha value is -0.790. The second kappa shape index (κ2) is 8.86. The van der Waals surface area contributed by atoms with E-state index in [9.17, 15) is 4.79 Å². The van der Waals surface area contributed by atoms with Crippen LogP contribution in [0, 0.1) is 46.3 Å². The average Bonchev–Trinajstić information content (AvgIpc) is 3.05. The lowest BCUT2D eigenvalue weighted by Gasteiger charge is -2.59. The molecular weight excluding hydrogens is 380 g/mol. The summed E-state index contributed by atoms with van der Waals surface area (Å²) in [7, 11) is 0. The third kappa shape index (κ3) is 4.26. The molecule has 31 heavy (non-hydrogen) atoms. The van der Waals surface area contributed by atoms with E-state index >= 15 is 0 Å². The standard InChI is InChI=1S/C29H48O2/c1-19(2)8-7-9-20(3)24-15-17-29(6)25(24)12-13-26-27(29)11-10-22-18-23(31-21(4)30)14-16-28(22,26)5/h10,19-20,23-27H,7-9,11-18H2,1-6H3. The number of allylic oxidation sites excluding steroid dienone is 1. The molecule has 3 saturated carbocycles. The molecule has 0 saturated heterocycles. The van der Waals surface area contributed by atoms with Crippen molar-refractivity contribution in [2.75, 3.05) is 0 Å². The van der Waals surface area contributed by atoms with Crippen molar-refractivity contribution in [1.82, 2.24) is 0 Å². The van der Waals surface area contributed by atoms with Crippen LogP contribution in [-0.2, 0) is 9.53 Å². The summed E-state index contributed by atoms with van der Waals surface area (Å²) in [5.41, 5.74) is 2.50. The molecule has 2 nitrogen and oxygen atoms in total. The van der Waals surface area contributed by atoms with Gasteiger partial charge in [-0.3, -0.25) is 4.79 Å². The molecule has 0 bridgehead atoms. The van der Waals surface area contributed by atoms with Crippen molar-refractivity contribution in [2.24, 2.45) is 46.3 Å². The van der Waals surface area contributed by atoms with Crippen LogP contribution in [0.15, 0.2) is 11.6 Å². The summed E-state index contributed by atoms with van der Waals surface area (Å²) in [6, 6.07) is 0. The van der Waals surface area contributed by atoms with Gasteiger partial charge in [0.1, 0.15) is 6.10 Å². The number of carbonyl (C=O) groups excluding carboxylic acids is 1. The van der Waals surface area contributed by atoms with E-state index in [4.69, 9.17) is 4.74 Å². The van der Waals surface area contributed by atoms with E-state index in [0.29, 0.717) is 10.8 Å². The molecular formula is C29H48O2. The Morgan fingerprint density at radius 3 is 2.48 bits per heavy atom. The maximum Gasteiger partial charge on any atom is 0.302 e. The summed E-state index contributed by atoms with van der Waals surface area (Å²) in [6.45, 7) is 14.1. The smallest absolute Gasteiger partial charge is 0.302 e. The molecule has 4 aliphatic rings. The fourth-order valence-corrected chi connectivity index (χ4v) is 8.86. The van der Waals surface area contributed by atoms with E-state index in [1.165, 1.54) is 57.8 Å². The largest absolute Gasteiger partial charge is 0.462 e. The number of hydrogen-bond donors (Lipinski definition) is 0. The fraction of sp³-hybridized carbons (Fsp3) is 0.897. The highest BCUT2D eigenvalue weighted by Gasteiger charge is 2.59. The van der Waals surface area contributed by atoms with Gasteiger partial charge in [0.15, 0.2) is 0 Å². The number of ether oxygens (including phenoxy) is 1. The normalized spacial score (nSPS) is 42.9. The quantitative estimate of drug-likeness (QED) is 0.317. The Bertz CT molecular complexity index is 693. The Kier molecular flexibility index (Phi) is 6.68. The zero-order valence-corrected chi connectivity index (χ0v) is 21.2. The van der Waals surface area contributed by atoms with E-state index in [-0.39, 0.29) is 12.1 Å². The first-order valence-electron chi connectivity index (χ1n) is 13.5. The van der Waals surface area contributed by atoms with Gasteiger partial charge in [0.2, 0.25) is 0 Å². The van der Waals surface area contributed by atoms with Crippen molar-refractivity contribution >= 4 is 5.97 Å². The van der Waals surface area contributed by atoms with Crippen LogP contribution in [0.25, 0.3) is 0 Å². The van der Waals surface area contributed by atoms with Gasteiger partial charge in [-0.25, -0.2) is 0 Å². The summed E-state index contributed by atoms with van der Waals surface area (Å²) in [5.74, 6) is 5.22. The van der Waals surface area contributed by atoms with E-state index in [1.807, 2.05) is 0 Å². The van der Waals surface area contributed by atoms with Gasteiger partial charge in [0, 0.05) is 13.3 Å². The van der Waals surface area contributed by atoms with Crippen molar-refractivity contribution in [2.45, 2.75) is 118 Å². The van der Waals surface area contributed by atoms with Crippen LogP contribution in [0.5, 0.6) is 0 Å². The van der Waals surface area contributed by atoms with Gasteiger partial charge in [-0.05, 0) is 91.3 Å². The highest BCUT2D eigenvalue weighted by Crippen LogP contribution is 2.67. The maximum absolute atomic E-state index is 11.5. The summed E-state index contributed by atoms with van der Waals surface area (Å²) in [4.78, 5) is 11.5. The number of rotatable bonds is 6. The first-order valence-corrected chi connectivity index (χ1v) is 13.5. The SMILES string of the molecule is CC(=O)OC1CCC2(C)C(=CCC3C2CCC2C(C(C)CCCC(C)C)CCC23C)C1. The van der Waals surface area contributed by atoms with E-state index in [0.717, 1.165) is 48.3 Å². The van der Waals surface area contributed by atoms with E-state index in [2.05, 4.69) is 40.7 Å². The second-order valence-corrected chi connectivity index (χ2v) is 12.8. The Labute approximate surface area is 192 Å². The Morgan fingerprint density at radius 2 is 1.77 bits per heavy atom. The minimum absolute atomic E-state index is 0.114. The fourth-order valence-electron chi connectivity index (χ4n) is 8.86. The van der Waals surface area contributed by atoms with Crippen LogP contribution >= 0.6 is 0 Å². The van der Waals surface area contributed by atoms with Gasteiger partial charge in [0.25, 0.3) is 0 Å². The summed E-state index contributed by atoms with van der Waals surface area (Å²) < 4.78 is 5.62. The lowest BCUT2D eigenvalue weighted by Crippen LogP contribution is -2.51. The molecule has 4 rings (SSSR count). The highest BCUT2D eigenvalue weighted by molar-refractivity contribution is 5.66. The van der Waals surface area contributed by atoms with Gasteiger partial charge in [-0.2, -0.15) is 0 Å². The molecule has 2 heteroatoms. The molecule has 0 N–H and O–H groups in total. The maximum atomic E-state index is 11.5. The van der Waals surface area contributed by atoms with Crippen LogP contribution in [0.4, 0.5) is 0 Å². The third-order valence-electron chi connectivity index (χ3n) is 10.6. The monoisotopic (exact) mass is 428 g/mol. The van der Waals surface area contributed by atoms with Crippen molar-refractivity contribution in [3.05, 3.63) is 11.6 Å². The van der Waals surface area contributed by atoms with Gasteiger partial charge in [-0.15, -0.1) is 0 Å². The third-order valence-corrected chi connectivity index (χ3v) is 10.6. The molecule has 8 unspecified atom stereocenters. The van der Waals surface area contributed by atoms with Gasteiger partial charge in [-0.1, -0.05) is 65.5 Å². The molecule has 0 heterocycles. The van der Waals surface area contributed by atoms with Gasteiger partial charge >= 0.3 is 5.97 Å². The predicted molar refractivity (Wildman–Crippen MR) is 129 cm³/mol. The van der Waals surface area contributed by atoms with Gasteiger partial charge < -0.3 is 4.74 Å². The summed E-state index contributed by atoms with van der Waals surface area (Å²) >= 11 is 0. The zero-order chi connectivity index (χ0) is 22.4. The molecule has 0 aromatic heterocycles. The van der Waals surface area contributed by atoms with Crippen molar-refractivity contribution in [1.29, 1.82) is 0 Å². The van der Waals surface area contributed by atoms with Crippen molar-refractivity contribution < 1.29 is 9.53 Å². The van der Waals surface area contributed by atoms with Crippen LogP contribution in [0.3, 0.4) is 0 Å². The minimum Gasteiger partial charge on any atom is -0.462 e. The second-order valence-electron chi connectivity index (χ2n) is 12.8. The number of hydrogen-bond acceptors (Lipinski definition) is 2. The molecule has 0 spiro atoms. The first kappa shape index (κ1) is 23.4. The van der Waals surface area contributed by atoms with Crippen LogP contribution in [-0.4, -0.2) is 12.1 Å². The summed E-state index contributed by atoms with van der Waals surface area (Å²) in [6.07, 6.45) is 17.2. The molecule has 4 aliphatic carbocycles. The summed E-state index contributed by atoms with van der Waals surface area (Å²) in [5, 5.41) is 0. The number of fused-ring (bicyclic) bond motifs is 5. The number of carbonyl (C=O) groups is 1. The van der Waals surface area contributed by atoms with Crippen LogP contribution in [0.2, 0.25) is 0 Å². The van der Waals surface area contributed by atoms with Crippen LogP contribution in [0.1, 0.15) is 112 Å². The Balaban J connectivity index is 1.47. The lowest BCUT2D eigenvalue weighted by atomic mass is 9.46. The lowest BCUT2D eigenvalue weighted by molar-refractivity contribution is -0.148. The van der Waals surface area contributed by atoms with E-state index < -0.39 is 0 Å². The average molecular weight is 429 g/mol. The molecule has 0 aromatic carbocycles. The minimum atomic E-state index is -0.115. The predicted octanol–water partition coefficient (Wildman–Crippen LogP) is 7.96. The van der Waals surface area contributed by atoms with Gasteiger partial charge in [0.05, 0.1) is 0 Å². The topological polar surface area (TPSA) is 26.3 Å². The highest BCUT2D eigenvalue weighted by atomic mass is 16.5. The van der Waals surface area contributed by atoms with Crippen molar-refractivity contribution in [3.63, 3.8) is 0 Å². The molecule has 3 fully saturated rings. The molecule has 8 atom stereocenters. The molecule has 0 radical (unpaired) electrons. The molecule has 0 aliphatic heterocycles. The molecule has 176 valence electrons. The van der Waals surface area contributed by atoms with E-state index in [1.54, 1.807) is 12.5 Å². The van der Waals surface area contributed by atoms with Crippen LogP contribution < -0.4 is 0 Å². The number of esters is 1. The molecule has 0 amide bonds. The zero-order valence-electron chi connectivity index (χ0n) is 21.2. The van der Waals surface area contributed by atoms with Crippen molar-refractivity contribution in [3.8, 4) is 0 Å². The first-order chi connectivity index (χ1) is 14.6. The molecule has 0 aromatic rings.